The number of benzene rings is 2. The maximum Gasteiger partial charge on any atom is 0.240 e. The zero-order valence-corrected chi connectivity index (χ0v) is 19.3. The van der Waals surface area contributed by atoms with Gasteiger partial charge in [-0.25, -0.2) is 4.39 Å². The number of hydrogen-bond donors (Lipinski definition) is 2. The van der Waals surface area contributed by atoms with E-state index in [1.54, 1.807) is 18.2 Å². The number of hydrogen-bond acceptors (Lipinski definition) is 4. The van der Waals surface area contributed by atoms with Crippen LogP contribution in [0.3, 0.4) is 0 Å². The largest absolute Gasteiger partial charge is 0.352 e. The Kier molecular flexibility index (Phi) is 8.71. The molecule has 0 spiro atoms. The highest BCUT2D eigenvalue weighted by molar-refractivity contribution is 7.86. The van der Waals surface area contributed by atoms with E-state index >= 15 is 0 Å². The molecule has 7 nitrogen and oxygen atoms in total. The Bertz CT molecular complexity index is 1020. The van der Waals surface area contributed by atoms with Crippen LogP contribution in [0.15, 0.2) is 48.5 Å². The molecule has 0 aliphatic heterocycles. The smallest absolute Gasteiger partial charge is 0.240 e. The van der Waals surface area contributed by atoms with Crippen LogP contribution in [0.1, 0.15) is 31.2 Å². The first-order valence-electron chi connectivity index (χ1n) is 10.9. The first-order chi connectivity index (χ1) is 15.8. The van der Waals surface area contributed by atoms with Gasteiger partial charge in [0.15, 0.2) is 0 Å². The third-order valence-corrected chi connectivity index (χ3v) is 6.53. The lowest BCUT2D eigenvalue weighted by atomic mass is 10.2. The monoisotopic (exact) mass is 473 g/mol. The summed E-state index contributed by atoms with van der Waals surface area (Å²) in [6.45, 7) is 1.53. The second-order valence-corrected chi connectivity index (χ2v) is 9.58. The van der Waals surface area contributed by atoms with Gasteiger partial charge in [-0.3, -0.25) is 23.5 Å². The molecule has 33 heavy (non-hydrogen) atoms. The second kappa shape index (κ2) is 11.7. The summed E-state index contributed by atoms with van der Waals surface area (Å²) in [5, 5.41) is 5.51. The number of rotatable bonds is 9. The summed E-state index contributed by atoms with van der Waals surface area (Å²) in [5.41, 5.74) is 1.53. The Balaban J connectivity index is 1.62. The molecule has 1 aliphatic carbocycles. The fourth-order valence-corrected chi connectivity index (χ4v) is 4.61. The molecule has 1 unspecified atom stereocenters. The molecule has 176 valence electrons. The predicted molar refractivity (Wildman–Crippen MR) is 127 cm³/mol. The molecular formula is C24H28FN3O4S. The minimum Gasteiger partial charge on any atom is -0.352 e. The van der Waals surface area contributed by atoms with Crippen molar-refractivity contribution in [3.05, 3.63) is 59.9 Å². The topological polar surface area (TPSA) is 95.6 Å². The number of amides is 3. The van der Waals surface area contributed by atoms with E-state index in [4.69, 9.17) is 0 Å². The fourth-order valence-electron chi connectivity index (χ4n) is 3.71. The average Bonchev–Trinajstić information content (AvgIpc) is 3.27. The zero-order chi connectivity index (χ0) is 23.8. The molecular weight excluding hydrogens is 445 g/mol. The second-order valence-electron chi connectivity index (χ2n) is 8.12. The number of nitrogens with one attached hydrogen (secondary N) is 2. The normalized spacial score (nSPS) is 14.5. The average molecular weight is 474 g/mol. The highest BCUT2D eigenvalue weighted by Gasteiger charge is 2.26. The van der Waals surface area contributed by atoms with Crippen LogP contribution in [0.5, 0.6) is 0 Å². The van der Waals surface area contributed by atoms with Crippen LogP contribution in [0.25, 0.3) is 0 Å². The van der Waals surface area contributed by atoms with Gasteiger partial charge in [0.25, 0.3) is 0 Å². The molecule has 0 heterocycles. The van der Waals surface area contributed by atoms with Crippen LogP contribution in [-0.4, -0.2) is 46.0 Å². The van der Waals surface area contributed by atoms with E-state index in [2.05, 4.69) is 10.6 Å². The first-order valence-corrected chi connectivity index (χ1v) is 12.4. The molecule has 9 heteroatoms. The van der Waals surface area contributed by atoms with Crippen molar-refractivity contribution < 1.29 is 23.0 Å². The lowest BCUT2D eigenvalue weighted by molar-refractivity contribution is -0.123. The highest BCUT2D eigenvalue weighted by Crippen LogP contribution is 2.20. The maximum atomic E-state index is 14.4. The Labute approximate surface area is 195 Å². The van der Waals surface area contributed by atoms with Gasteiger partial charge in [-0.05, 0) is 44.0 Å². The molecule has 3 amide bonds. The Morgan fingerprint density at radius 1 is 1.00 bits per heavy atom. The number of carbonyl (C=O) groups is 3. The first kappa shape index (κ1) is 24.6. The minimum absolute atomic E-state index is 0.0506. The summed E-state index contributed by atoms with van der Waals surface area (Å²) in [6.07, 6.45) is 3.81. The quantitative estimate of drug-likeness (QED) is 0.585. The lowest BCUT2D eigenvalue weighted by Gasteiger charge is -2.23. The van der Waals surface area contributed by atoms with Crippen LogP contribution in [-0.2, 0) is 25.2 Å². The Hall–Kier alpha value is -3.07. The van der Waals surface area contributed by atoms with Crippen molar-refractivity contribution in [2.75, 3.05) is 28.3 Å². The van der Waals surface area contributed by atoms with Crippen molar-refractivity contribution in [3.63, 3.8) is 0 Å². The van der Waals surface area contributed by atoms with E-state index in [-0.39, 0.29) is 24.0 Å². The third-order valence-electron chi connectivity index (χ3n) is 5.38. The van der Waals surface area contributed by atoms with Crippen LogP contribution in [0.2, 0.25) is 0 Å². The van der Waals surface area contributed by atoms with Gasteiger partial charge in [0.2, 0.25) is 17.7 Å². The molecule has 3 rings (SSSR count). The van der Waals surface area contributed by atoms with E-state index in [9.17, 15) is 23.0 Å². The molecule has 0 radical (unpaired) electrons. The summed E-state index contributed by atoms with van der Waals surface area (Å²) in [6, 6.07) is 12.8. The van der Waals surface area contributed by atoms with Crippen LogP contribution < -0.4 is 15.5 Å². The minimum atomic E-state index is -1.84. The van der Waals surface area contributed by atoms with Gasteiger partial charge in [-0.15, -0.1) is 0 Å². The maximum absolute atomic E-state index is 14.4. The molecule has 1 atom stereocenters. The zero-order valence-electron chi connectivity index (χ0n) is 18.5. The van der Waals surface area contributed by atoms with Crippen molar-refractivity contribution in [1.82, 2.24) is 5.32 Å². The number of para-hydroxylation sites is 1. The predicted octanol–water partition coefficient (Wildman–Crippen LogP) is 2.91. The molecule has 0 aromatic heterocycles. The molecule has 2 aromatic carbocycles. The Morgan fingerprint density at radius 3 is 2.33 bits per heavy atom. The molecule has 1 aliphatic rings. The van der Waals surface area contributed by atoms with Crippen LogP contribution in [0.4, 0.5) is 15.8 Å². The van der Waals surface area contributed by atoms with E-state index in [1.165, 1.54) is 18.2 Å². The van der Waals surface area contributed by atoms with Crippen LogP contribution in [0, 0.1) is 12.7 Å². The van der Waals surface area contributed by atoms with E-state index < -0.39 is 40.1 Å². The van der Waals surface area contributed by atoms with Crippen molar-refractivity contribution in [2.24, 2.45) is 0 Å². The molecule has 2 N–H and O–H groups in total. The SMILES string of the molecule is Cc1ccc(NC(=O)CS(=O)CC(=O)N(CC(=O)NC2CCCC2)c2ccccc2F)cc1. The fraction of sp³-hybridized carbons (Fsp3) is 0.375. The molecule has 1 saturated carbocycles. The van der Waals surface area contributed by atoms with Crippen molar-refractivity contribution in [3.8, 4) is 0 Å². The molecule has 2 aromatic rings. The van der Waals surface area contributed by atoms with Gasteiger partial charge in [0.05, 0.1) is 5.69 Å². The van der Waals surface area contributed by atoms with Gasteiger partial charge >= 0.3 is 0 Å². The van der Waals surface area contributed by atoms with E-state index in [0.717, 1.165) is 36.1 Å². The van der Waals surface area contributed by atoms with Crippen molar-refractivity contribution in [2.45, 2.75) is 38.6 Å². The number of halogens is 1. The molecule has 0 bridgehead atoms. The lowest BCUT2D eigenvalue weighted by Crippen LogP contribution is -2.45. The highest BCUT2D eigenvalue weighted by atomic mass is 32.2. The summed E-state index contributed by atoms with van der Waals surface area (Å²) in [4.78, 5) is 38.6. The summed E-state index contributed by atoms with van der Waals surface area (Å²) in [7, 11) is -1.84. The van der Waals surface area contributed by atoms with Crippen molar-refractivity contribution >= 4 is 39.9 Å². The molecule has 1 fully saturated rings. The van der Waals surface area contributed by atoms with E-state index in [1.807, 2.05) is 19.1 Å². The van der Waals surface area contributed by atoms with Gasteiger partial charge in [-0.2, -0.15) is 0 Å². The standard InChI is InChI=1S/C24H28FN3O4S/c1-17-10-12-19(13-11-17)27-23(30)15-33(32)16-24(31)28(21-9-5-4-8-20(21)25)14-22(29)26-18-6-2-3-7-18/h4-5,8-13,18H,2-3,6-7,14-16H2,1H3,(H,26,29)(H,27,30). The number of nitrogens with zero attached hydrogens (tertiary/aromatic N) is 1. The van der Waals surface area contributed by atoms with Crippen LogP contribution >= 0.6 is 0 Å². The van der Waals surface area contributed by atoms with Gasteiger partial charge in [0, 0.05) is 22.5 Å². The third kappa shape index (κ3) is 7.49. The van der Waals surface area contributed by atoms with Gasteiger partial charge in [-0.1, -0.05) is 42.7 Å². The van der Waals surface area contributed by atoms with Gasteiger partial charge in [0.1, 0.15) is 23.9 Å². The van der Waals surface area contributed by atoms with Crippen molar-refractivity contribution in [1.29, 1.82) is 0 Å². The summed E-state index contributed by atoms with van der Waals surface area (Å²) in [5.74, 6) is -3.15. The van der Waals surface area contributed by atoms with Gasteiger partial charge < -0.3 is 10.6 Å². The molecule has 0 saturated heterocycles. The van der Waals surface area contributed by atoms with E-state index in [0.29, 0.717) is 5.69 Å². The number of anilines is 2. The summed E-state index contributed by atoms with van der Waals surface area (Å²) >= 11 is 0. The Morgan fingerprint density at radius 2 is 1.67 bits per heavy atom. The summed E-state index contributed by atoms with van der Waals surface area (Å²) < 4.78 is 26.9. The number of aryl methyl sites for hydroxylation is 1. The number of carbonyl (C=O) groups excluding carboxylic acids is 3.